The molecule has 0 saturated heterocycles. The van der Waals surface area contributed by atoms with Crippen molar-refractivity contribution in [2.75, 3.05) is 26.1 Å². The predicted molar refractivity (Wildman–Crippen MR) is 107 cm³/mol. The van der Waals surface area contributed by atoms with Crippen LogP contribution in [0.2, 0.25) is 0 Å². The lowest BCUT2D eigenvalue weighted by Crippen LogP contribution is -2.41. The number of amides is 1. The van der Waals surface area contributed by atoms with Crippen molar-refractivity contribution in [3.63, 3.8) is 0 Å². The summed E-state index contributed by atoms with van der Waals surface area (Å²) in [4.78, 5) is 25.0. The molecule has 1 atom stereocenters. The summed E-state index contributed by atoms with van der Waals surface area (Å²) in [6, 6.07) is 8.10. The first-order chi connectivity index (χ1) is 13.8. The first-order valence-corrected chi connectivity index (χ1v) is 9.00. The predicted octanol–water partition coefficient (Wildman–Crippen LogP) is 3.60. The van der Waals surface area contributed by atoms with Crippen LogP contribution in [0.3, 0.4) is 0 Å². The van der Waals surface area contributed by atoms with Crippen LogP contribution in [0.25, 0.3) is 0 Å². The molecule has 1 amide bonds. The van der Waals surface area contributed by atoms with E-state index in [4.69, 9.17) is 9.47 Å². The van der Waals surface area contributed by atoms with Gasteiger partial charge in [0.2, 0.25) is 5.91 Å². The molecule has 156 valence electrons. The van der Waals surface area contributed by atoms with Crippen molar-refractivity contribution in [2.24, 2.45) is 0 Å². The molecule has 9 heteroatoms. The Balaban J connectivity index is 2.13. The van der Waals surface area contributed by atoms with Gasteiger partial charge in [-0.05, 0) is 37.2 Å². The summed E-state index contributed by atoms with van der Waals surface area (Å²) in [5, 5.41) is 13.6. The highest BCUT2D eigenvalue weighted by atomic mass is 19.1. The van der Waals surface area contributed by atoms with E-state index in [-0.39, 0.29) is 23.1 Å². The lowest BCUT2D eigenvalue weighted by atomic mass is 10.1. The number of carbonyl (C=O) groups excluding carboxylic acids is 1. The Bertz CT molecular complexity index is 890. The molecule has 8 nitrogen and oxygen atoms in total. The van der Waals surface area contributed by atoms with Gasteiger partial charge in [0.05, 0.1) is 36.9 Å². The van der Waals surface area contributed by atoms with Crippen LogP contribution in [0.1, 0.15) is 19.4 Å². The van der Waals surface area contributed by atoms with E-state index < -0.39 is 16.8 Å². The number of carbonyl (C=O) groups is 1. The molecule has 0 aliphatic carbocycles. The number of hydrogen-bond acceptors (Lipinski definition) is 6. The van der Waals surface area contributed by atoms with E-state index in [1.165, 1.54) is 38.5 Å². The molecule has 0 aromatic heterocycles. The van der Waals surface area contributed by atoms with E-state index in [9.17, 15) is 19.3 Å². The van der Waals surface area contributed by atoms with Crippen LogP contribution in [0.5, 0.6) is 11.5 Å². The second-order valence-electron chi connectivity index (χ2n) is 6.34. The molecule has 0 fully saturated rings. The van der Waals surface area contributed by atoms with Crippen molar-refractivity contribution >= 4 is 17.3 Å². The van der Waals surface area contributed by atoms with Crippen LogP contribution in [-0.2, 0) is 11.3 Å². The Morgan fingerprint density at radius 3 is 2.45 bits per heavy atom. The minimum atomic E-state index is -0.538. The van der Waals surface area contributed by atoms with Crippen LogP contribution in [-0.4, -0.2) is 42.5 Å². The average Bonchev–Trinajstić information content (AvgIpc) is 2.71. The lowest BCUT2D eigenvalue weighted by Gasteiger charge is -2.27. The number of nitrogens with one attached hydrogen (secondary N) is 1. The van der Waals surface area contributed by atoms with Gasteiger partial charge < -0.3 is 14.8 Å². The number of anilines is 1. The number of ether oxygens (including phenoxy) is 2. The lowest BCUT2D eigenvalue weighted by molar-refractivity contribution is -0.384. The summed E-state index contributed by atoms with van der Waals surface area (Å²) in [5.74, 6) is -0.422. The molecular formula is C20H24FN3O5. The maximum absolute atomic E-state index is 13.9. The molecule has 1 N–H and O–H groups in total. The Morgan fingerprint density at radius 1 is 1.21 bits per heavy atom. The minimum Gasteiger partial charge on any atom is -0.494 e. The average molecular weight is 405 g/mol. The molecular weight excluding hydrogens is 381 g/mol. The summed E-state index contributed by atoms with van der Waals surface area (Å²) in [7, 11) is 2.77. The molecule has 0 unspecified atom stereocenters. The SMILES string of the molecule is CCN(Cc1ccc(OC)c(F)c1)[C@@H](C)C(=O)Nc1ccc([N+](=O)[O-])cc1OC. The third-order valence-corrected chi connectivity index (χ3v) is 4.59. The first-order valence-electron chi connectivity index (χ1n) is 9.00. The van der Waals surface area contributed by atoms with Crippen molar-refractivity contribution in [1.29, 1.82) is 0 Å². The van der Waals surface area contributed by atoms with Crippen molar-refractivity contribution in [2.45, 2.75) is 26.4 Å². The van der Waals surface area contributed by atoms with Crippen molar-refractivity contribution in [3.8, 4) is 11.5 Å². The number of benzene rings is 2. The molecule has 29 heavy (non-hydrogen) atoms. The van der Waals surface area contributed by atoms with Crippen LogP contribution in [0.15, 0.2) is 36.4 Å². The van der Waals surface area contributed by atoms with Crippen molar-refractivity contribution < 1.29 is 23.6 Å². The molecule has 0 heterocycles. The van der Waals surface area contributed by atoms with E-state index in [1.54, 1.807) is 19.1 Å². The highest BCUT2D eigenvalue weighted by Gasteiger charge is 2.22. The van der Waals surface area contributed by atoms with Crippen molar-refractivity contribution in [3.05, 3.63) is 57.9 Å². The van der Waals surface area contributed by atoms with Gasteiger partial charge in [0.15, 0.2) is 11.6 Å². The third-order valence-electron chi connectivity index (χ3n) is 4.59. The fourth-order valence-electron chi connectivity index (χ4n) is 2.87. The standard InChI is InChI=1S/C20H24FN3O5/c1-5-23(12-14-6-9-18(28-3)16(21)10-14)13(2)20(25)22-17-8-7-15(24(26)27)11-19(17)29-4/h6-11,13H,5,12H2,1-4H3,(H,22,25)/t13-/m0/s1. The number of hydrogen-bond donors (Lipinski definition) is 1. The number of rotatable bonds is 9. The van der Waals surface area contributed by atoms with Crippen LogP contribution in [0.4, 0.5) is 15.8 Å². The second-order valence-corrected chi connectivity index (χ2v) is 6.34. The summed E-state index contributed by atoms with van der Waals surface area (Å²) >= 11 is 0. The number of halogens is 1. The summed E-state index contributed by atoms with van der Waals surface area (Å²) in [6.07, 6.45) is 0. The number of nitro groups is 1. The van der Waals surface area contributed by atoms with Crippen molar-refractivity contribution in [1.82, 2.24) is 4.90 Å². The normalized spacial score (nSPS) is 11.8. The fraction of sp³-hybridized carbons (Fsp3) is 0.350. The monoisotopic (exact) mass is 405 g/mol. The molecule has 0 aliphatic heterocycles. The molecule has 0 saturated carbocycles. The summed E-state index contributed by atoms with van der Waals surface area (Å²) < 4.78 is 24.0. The van der Waals surface area contributed by atoms with E-state index in [0.29, 0.717) is 24.3 Å². The highest BCUT2D eigenvalue weighted by Crippen LogP contribution is 2.29. The third kappa shape index (κ3) is 5.41. The number of nitro benzene ring substituents is 1. The topological polar surface area (TPSA) is 93.9 Å². The number of non-ortho nitro benzene ring substituents is 1. The molecule has 0 spiro atoms. The van der Waals surface area contributed by atoms with Gasteiger partial charge in [-0.25, -0.2) is 4.39 Å². The minimum absolute atomic E-state index is 0.135. The molecule has 2 aromatic rings. The molecule has 0 radical (unpaired) electrons. The quantitative estimate of drug-likeness (QED) is 0.506. The Morgan fingerprint density at radius 2 is 1.90 bits per heavy atom. The van der Waals surface area contributed by atoms with Gasteiger partial charge in [0, 0.05) is 12.6 Å². The Labute approximate surface area is 168 Å². The maximum Gasteiger partial charge on any atom is 0.273 e. The van der Waals surface area contributed by atoms with Gasteiger partial charge in [-0.3, -0.25) is 19.8 Å². The van der Waals surface area contributed by atoms with Gasteiger partial charge in [-0.2, -0.15) is 0 Å². The largest absolute Gasteiger partial charge is 0.494 e. The zero-order valence-corrected chi connectivity index (χ0v) is 16.8. The van der Waals surface area contributed by atoms with Gasteiger partial charge in [-0.1, -0.05) is 13.0 Å². The number of likely N-dealkylation sites (N-methyl/N-ethyl adjacent to an activating group) is 1. The molecule has 2 rings (SSSR count). The van der Waals surface area contributed by atoms with Crippen LogP contribution in [0, 0.1) is 15.9 Å². The summed E-state index contributed by atoms with van der Waals surface area (Å²) in [6.45, 7) is 4.55. The van der Waals surface area contributed by atoms with E-state index >= 15 is 0 Å². The molecule has 0 bridgehead atoms. The Hall–Kier alpha value is -3.20. The first kappa shape index (κ1) is 22.1. The summed E-state index contributed by atoms with van der Waals surface area (Å²) in [5.41, 5.74) is 0.906. The van der Waals surface area contributed by atoms with Gasteiger partial charge in [0.25, 0.3) is 5.69 Å². The molecule has 2 aromatic carbocycles. The van der Waals surface area contributed by atoms with E-state index in [1.807, 2.05) is 11.8 Å². The van der Waals surface area contributed by atoms with Crippen LogP contribution >= 0.6 is 0 Å². The van der Waals surface area contributed by atoms with Crippen LogP contribution < -0.4 is 14.8 Å². The van der Waals surface area contributed by atoms with Gasteiger partial charge >= 0.3 is 0 Å². The smallest absolute Gasteiger partial charge is 0.273 e. The zero-order chi connectivity index (χ0) is 21.6. The zero-order valence-electron chi connectivity index (χ0n) is 16.8. The van der Waals surface area contributed by atoms with E-state index in [0.717, 1.165) is 0 Å². The van der Waals surface area contributed by atoms with Gasteiger partial charge in [-0.15, -0.1) is 0 Å². The highest BCUT2D eigenvalue weighted by molar-refractivity contribution is 5.96. The number of nitrogens with zero attached hydrogens (tertiary/aromatic N) is 2. The van der Waals surface area contributed by atoms with E-state index in [2.05, 4.69) is 5.32 Å². The fourth-order valence-corrected chi connectivity index (χ4v) is 2.87. The number of methoxy groups -OCH3 is 2. The molecule has 0 aliphatic rings. The van der Waals surface area contributed by atoms with Gasteiger partial charge in [0.1, 0.15) is 5.75 Å². The second kappa shape index (κ2) is 9.83. The Kier molecular flexibility index (Phi) is 7.49. The maximum atomic E-state index is 13.9.